The number of ether oxygens (including phenoxy) is 2. The van der Waals surface area contributed by atoms with Gasteiger partial charge in [0.25, 0.3) is 11.2 Å². The summed E-state index contributed by atoms with van der Waals surface area (Å²) in [5.41, 5.74) is 2.23. The van der Waals surface area contributed by atoms with Crippen LogP contribution in [0.2, 0.25) is 10.0 Å². The molecule has 1 atom stereocenters. The van der Waals surface area contributed by atoms with E-state index in [1.54, 1.807) is 55.5 Å². The van der Waals surface area contributed by atoms with E-state index in [1.165, 1.54) is 10.6 Å². The average Bonchev–Trinajstić information content (AvgIpc) is 3.75. The fraction of sp³-hybridized carbons (Fsp3) is 0.154. The van der Waals surface area contributed by atoms with E-state index in [0.29, 0.717) is 54.4 Å². The van der Waals surface area contributed by atoms with Crippen molar-refractivity contribution in [3.05, 3.63) is 153 Å². The molecule has 0 saturated heterocycles. The molecule has 4 aromatic carbocycles. The molecule has 1 aliphatic heterocycles. The lowest BCUT2D eigenvalue weighted by molar-refractivity contribution is -0.387. The number of carbonyl (C=O) groups excluding carboxylic acids is 1. The van der Waals surface area contributed by atoms with E-state index >= 15 is 0 Å². The van der Waals surface area contributed by atoms with Crippen LogP contribution < -0.4 is 19.6 Å². The normalized spacial score (nSPS) is 14.1. The highest BCUT2D eigenvalue weighted by Crippen LogP contribution is 2.37. The van der Waals surface area contributed by atoms with E-state index in [4.69, 9.17) is 37.7 Å². The maximum atomic E-state index is 14.4. The third-order valence-corrected chi connectivity index (χ3v) is 10.7. The number of thiazole rings is 1. The van der Waals surface area contributed by atoms with Gasteiger partial charge in [0.1, 0.15) is 5.75 Å². The van der Waals surface area contributed by atoms with Crippen molar-refractivity contribution in [2.45, 2.75) is 43.0 Å². The zero-order valence-electron chi connectivity index (χ0n) is 29.4. The number of carbonyl (C=O) groups is 1. The number of fused-ring (bicyclic) bond motifs is 1. The first-order valence-electron chi connectivity index (χ1n) is 16.9. The molecule has 0 saturated carbocycles. The van der Waals surface area contributed by atoms with Gasteiger partial charge in [-0.15, -0.1) is 5.10 Å². The van der Waals surface area contributed by atoms with Crippen LogP contribution >= 0.6 is 46.3 Å². The van der Waals surface area contributed by atoms with Crippen LogP contribution in [-0.4, -0.2) is 43.4 Å². The fourth-order valence-electron chi connectivity index (χ4n) is 5.95. The monoisotopic (exact) mass is 812 g/mol. The summed E-state index contributed by atoms with van der Waals surface area (Å²) < 4.78 is 13.1. The summed E-state index contributed by atoms with van der Waals surface area (Å²) in [5.74, 6) is 0.401. The van der Waals surface area contributed by atoms with Crippen LogP contribution in [0.1, 0.15) is 43.5 Å². The van der Waals surface area contributed by atoms with E-state index in [0.717, 1.165) is 23.1 Å². The molecule has 0 spiro atoms. The van der Waals surface area contributed by atoms with Gasteiger partial charge in [-0.2, -0.15) is 0 Å². The number of H-pyrrole nitrogens is 1. The highest BCUT2D eigenvalue weighted by molar-refractivity contribution is 7.99. The van der Waals surface area contributed by atoms with Crippen molar-refractivity contribution >= 4 is 69.7 Å². The van der Waals surface area contributed by atoms with Gasteiger partial charge >= 0.3 is 5.97 Å². The van der Waals surface area contributed by atoms with Gasteiger partial charge in [0.2, 0.25) is 5.16 Å². The maximum absolute atomic E-state index is 14.4. The molecule has 55 heavy (non-hydrogen) atoms. The van der Waals surface area contributed by atoms with Gasteiger partial charge in [0.15, 0.2) is 10.6 Å². The minimum atomic E-state index is -0.900. The number of esters is 1. The molecule has 0 radical (unpaired) electrons. The molecule has 0 aliphatic carbocycles. The van der Waals surface area contributed by atoms with Crippen molar-refractivity contribution in [1.82, 2.24) is 19.7 Å². The average molecular weight is 814 g/mol. The smallest absolute Gasteiger partial charge is 0.338 e. The lowest BCUT2D eigenvalue weighted by atomic mass is 9.93. The molecule has 278 valence electrons. The van der Waals surface area contributed by atoms with Crippen LogP contribution in [0.4, 0.5) is 5.69 Å². The Morgan fingerprint density at radius 1 is 1.07 bits per heavy atom. The third-order valence-electron chi connectivity index (χ3n) is 8.27. The number of hydrogen-bond acceptors (Lipinski definition) is 11. The van der Waals surface area contributed by atoms with Crippen molar-refractivity contribution in [1.29, 1.82) is 0 Å². The van der Waals surface area contributed by atoms with Gasteiger partial charge < -0.3 is 9.47 Å². The molecule has 6 aromatic rings. The first-order chi connectivity index (χ1) is 26.5. The number of benzene rings is 4. The highest BCUT2D eigenvalue weighted by Gasteiger charge is 2.35. The molecule has 16 heteroatoms. The second kappa shape index (κ2) is 16.1. The fourth-order valence-corrected chi connectivity index (χ4v) is 8.25. The number of hydrogen-bond donors (Lipinski definition) is 1. The first kappa shape index (κ1) is 37.8. The topological polar surface area (TPSA) is 155 Å². The lowest BCUT2D eigenvalue weighted by Crippen LogP contribution is -2.40. The highest BCUT2D eigenvalue weighted by atomic mass is 35.5. The summed E-state index contributed by atoms with van der Waals surface area (Å²) in [7, 11) is 0. The van der Waals surface area contributed by atoms with Crippen LogP contribution in [-0.2, 0) is 9.53 Å². The molecule has 7 rings (SSSR count). The maximum Gasteiger partial charge on any atom is 0.338 e. The second-order valence-electron chi connectivity index (χ2n) is 12.3. The number of nitrogens with one attached hydrogen (secondary N) is 1. The zero-order chi connectivity index (χ0) is 38.8. The first-order valence-corrected chi connectivity index (χ1v) is 19.3. The Kier molecular flexibility index (Phi) is 11.0. The molecule has 0 amide bonds. The Morgan fingerprint density at radius 3 is 2.53 bits per heavy atom. The van der Waals surface area contributed by atoms with Gasteiger partial charge in [-0.1, -0.05) is 83.1 Å². The summed E-state index contributed by atoms with van der Waals surface area (Å²) in [6.45, 7) is 5.68. The van der Waals surface area contributed by atoms with Gasteiger partial charge in [0.05, 0.1) is 49.4 Å². The van der Waals surface area contributed by atoms with Gasteiger partial charge in [-0.3, -0.25) is 24.6 Å². The Balaban J connectivity index is 1.31. The summed E-state index contributed by atoms with van der Waals surface area (Å²) in [6, 6.07) is 25.1. The Labute approximate surface area is 331 Å². The molecule has 1 aliphatic rings. The van der Waals surface area contributed by atoms with E-state index in [9.17, 15) is 19.7 Å². The number of aromatic nitrogens is 4. The number of nitro benzene ring substituents is 1. The van der Waals surface area contributed by atoms with Crippen LogP contribution in [0.5, 0.6) is 5.75 Å². The Hall–Kier alpha value is -5.54. The summed E-state index contributed by atoms with van der Waals surface area (Å²) in [5, 5.41) is 20.4. The molecule has 1 N–H and O–H groups in total. The van der Waals surface area contributed by atoms with E-state index in [-0.39, 0.29) is 38.6 Å². The molecule has 0 fully saturated rings. The van der Waals surface area contributed by atoms with E-state index < -0.39 is 22.5 Å². The standard InChI is InChI=1S/C39H30Cl2N6O6S2/c1-4-52-37(49)32-33(23-8-6-5-7-9-23)42-39-46(34(32)24-11-14-26(15-12-24)53-21(2)3)36(48)31(55-39)19-22-10-17-30(29(18-22)47(50)51)54-38-43-35(44-45-38)27-16-13-25(40)20-28(27)41/h5-21,34H,4H2,1-3H3,(H,43,44,45)/b31-19-/t34-/m0/s1. The summed E-state index contributed by atoms with van der Waals surface area (Å²) in [6.07, 6.45) is 1.52. The predicted octanol–water partition coefficient (Wildman–Crippen LogP) is 7.87. The van der Waals surface area contributed by atoms with Crippen LogP contribution in [0.3, 0.4) is 0 Å². The molecular weight excluding hydrogens is 784 g/mol. The number of aromatic amines is 1. The van der Waals surface area contributed by atoms with Crippen molar-refractivity contribution in [2.75, 3.05) is 6.61 Å². The molecule has 0 bridgehead atoms. The molecule has 0 unspecified atom stereocenters. The molecule has 3 heterocycles. The summed E-state index contributed by atoms with van der Waals surface area (Å²) in [4.78, 5) is 49.9. The molecule has 2 aromatic heterocycles. The minimum Gasteiger partial charge on any atom is -0.491 e. The SMILES string of the molecule is CCOC(=O)C1=C(c2ccccc2)N=c2s/c(=C\c3ccc(Sc4n[nH]c(-c5ccc(Cl)cc5Cl)n4)c([N+](=O)[O-])c3)c(=O)n2[C@H]1c1ccc(OC(C)C)cc1. The van der Waals surface area contributed by atoms with E-state index in [1.807, 2.05) is 56.3 Å². The minimum absolute atomic E-state index is 0.0544. The molecule has 12 nitrogen and oxygen atoms in total. The van der Waals surface area contributed by atoms with Crippen LogP contribution in [0.15, 0.2) is 116 Å². The van der Waals surface area contributed by atoms with Crippen LogP contribution in [0.25, 0.3) is 23.2 Å². The van der Waals surface area contributed by atoms with Crippen molar-refractivity contribution < 1.29 is 19.2 Å². The summed E-state index contributed by atoms with van der Waals surface area (Å²) >= 11 is 14.5. The second-order valence-corrected chi connectivity index (χ2v) is 15.2. The Morgan fingerprint density at radius 2 is 1.84 bits per heavy atom. The number of rotatable bonds is 11. The van der Waals surface area contributed by atoms with Crippen molar-refractivity contribution in [2.24, 2.45) is 4.99 Å². The number of nitro groups is 1. The quantitative estimate of drug-likeness (QED) is 0.0782. The van der Waals surface area contributed by atoms with Gasteiger partial charge in [-0.25, -0.2) is 14.8 Å². The molecular formula is C39H30Cl2N6O6S2. The largest absolute Gasteiger partial charge is 0.491 e. The van der Waals surface area contributed by atoms with Gasteiger partial charge in [-0.05, 0) is 86.1 Å². The Bertz CT molecular complexity index is 2660. The number of halogens is 2. The predicted molar refractivity (Wildman–Crippen MR) is 212 cm³/mol. The van der Waals surface area contributed by atoms with Gasteiger partial charge in [0, 0.05) is 22.2 Å². The third kappa shape index (κ3) is 7.98. The lowest BCUT2D eigenvalue weighted by Gasteiger charge is -2.26. The zero-order valence-corrected chi connectivity index (χ0v) is 32.5. The van der Waals surface area contributed by atoms with Crippen molar-refractivity contribution in [3.8, 4) is 17.1 Å². The van der Waals surface area contributed by atoms with Crippen molar-refractivity contribution in [3.63, 3.8) is 0 Å². The van der Waals surface area contributed by atoms with E-state index in [2.05, 4.69) is 15.2 Å². The van der Waals surface area contributed by atoms with Crippen LogP contribution in [0, 0.1) is 10.1 Å². The number of nitrogens with zero attached hydrogens (tertiary/aromatic N) is 5.